The zero-order chi connectivity index (χ0) is 20.3. The van der Waals surface area contributed by atoms with E-state index in [1.54, 1.807) is 35.2 Å². The molecule has 0 aromatic heterocycles. The molecule has 28 heavy (non-hydrogen) atoms. The van der Waals surface area contributed by atoms with Crippen molar-refractivity contribution in [2.75, 3.05) is 45.3 Å². The number of rotatable bonds is 5. The summed E-state index contributed by atoms with van der Waals surface area (Å²) >= 11 is 5.88. The van der Waals surface area contributed by atoms with Gasteiger partial charge in [-0.1, -0.05) is 11.6 Å². The standard InChI is InChI=1S/C19H20ClN3O5/c1-27-17-6-3-13(11-18(17)28-2)19(24)22-9-7-21(8-10-22)15-5-4-14(20)12-16(15)23(25)26/h3-6,11-12H,7-10H2,1-2H3. The highest BCUT2D eigenvalue weighted by Gasteiger charge is 2.27. The highest BCUT2D eigenvalue weighted by Crippen LogP contribution is 2.32. The van der Waals surface area contributed by atoms with E-state index in [2.05, 4.69) is 0 Å². The van der Waals surface area contributed by atoms with Gasteiger partial charge in [-0.05, 0) is 30.3 Å². The Labute approximate surface area is 167 Å². The smallest absolute Gasteiger partial charge is 0.294 e. The summed E-state index contributed by atoms with van der Waals surface area (Å²) in [5, 5.41) is 11.6. The lowest BCUT2D eigenvalue weighted by Gasteiger charge is -2.36. The van der Waals surface area contributed by atoms with E-state index in [1.165, 1.54) is 20.3 Å². The molecule has 1 saturated heterocycles. The number of nitro groups is 1. The Hall–Kier alpha value is -3.00. The first-order valence-electron chi connectivity index (χ1n) is 8.64. The minimum absolute atomic E-state index is 0.0350. The second kappa shape index (κ2) is 8.35. The molecule has 148 valence electrons. The third-order valence-electron chi connectivity index (χ3n) is 4.67. The van der Waals surface area contributed by atoms with Gasteiger partial charge in [0.1, 0.15) is 5.69 Å². The van der Waals surface area contributed by atoms with Gasteiger partial charge >= 0.3 is 0 Å². The maximum absolute atomic E-state index is 12.8. The van der Waals surface area contributed by atoms with Crippen LogP contribution in [-0.4, -0.2) is 56.1 Å². The summed E-state index contributed by atoms with van der Waals surface area (Å²) in [6, 6.07) is 9.66. The van der Waals surface area contributed by atoms with Crippen molar-refractivity contribution in [1.29, 1.82) is 0 Å². The van der Waals surface area contributed by atoms with E-state index in [-0.39, 0.29) is 11.6 Å². The fourth-order valence-corrected chi connectivity index (χ4v) is 3.38. The molecule has 0 N–H and O–H groups in total. The summed E-state index contributed by atoms with van der Waals surface area (Å²) in [5.41, 5.74) is 0.975. The number of ether oxygens (including phenoxy) is 2. The number of nitro benzene ring substituents is 1. The van der Waals surface area contributed by atoms with Gasteiger partial charge in [0.2, 0.25) is 0 Å². The first-order valence-corrected chi connectivity index (χ1v) is 9.02. The van der Waals surface area contributed by atoms with Crippen LogP contribution in [0.3, 0.4) is 0 Å². The van der Waals surface area contributed by atoms with E-state index in [9.17, 15) is 14.9 Å². The summed E-state index contributed by atoms with van der Waals surface area (Å²) in [5.74, 6) is 0.925. The Kier molecular flexibility index (Phi) is 5.89. The summed E-state index contributed by atoms with van der Waals surface area (Å²) < 4.78 is 10.5. The molecule has 0 spiro atoms. The van der Waals surface area contributed by atoms with Gasteiger partial charge < -0.3 is 19.3 Å². The molecule has 3 rings (SSSR count). The number of halogens is 1. The molecule has 1 fully saturated rings. The van der Waals surface area contributed by atoms with Crippen LogP contribution in [0.1, 0.15) is 10.4 Å². The molecule has 0 unspecified atom stereocenters. The SMILES string of the molecule is COc1ccc(C(=O)N2CCN(c3ccc(Cl)cc3[N+](=O)[O-])CC2)cc1OC. The van der Waals surface area contributed by atoms with Crippen molar-refractivity contribution < 1.29 is 19.2 Å². The number of hydrogen-bond acceptors (Lipinski definition) is 6. The molecular formula is C19H20ClN3O5. The van der Waals surface area contributed by atoms with Gasteiger partial charge in [-0.25, -0.2) is 0 Å². The third kappa shape index (κ3) is 3.96. The fourth-order valence-electron chi connectivity index (χ4n) is 3.21. The van der Waals surface area contributed by atoms with E-state index in [1.807, 2.05) is 4.90 Å². The van der Waals surface area contributed by atoms with E-state index in [4.69, 9.17) is 21.1 Å². The van der Waals surface area contributed by atoms with Crippen LogP contribution >= 0.6 is 11.6 Å². The predicted molar refractivity (Wildman–Crippen MR) is 106 cm³/mol. The Balaban J connectivity index is 1.72. The number of carbonyl (C=O) groups excluding carboxylic acids is 1. The minimum Gasteiger partial charge on any atom is -0.493 e. The van der Waals surface area contributed by atoms with Crippen LogP contribution in [0.5, 0.6) is 11.5 Å². The number of anilines is 1. The van der Waals surface area contributed by atoms with Crippen molar-refractivity contribution in [3.63, 3.8) is 0 Å². The van der Waals surface area contributed by atoms with Crippen molar-refractivity contribution in [2.45, 2.75) is 0 Å². The van der Waals surface area contributed by atoms with Crippen molar-refractivity contribution in [2.24, 2.45) is 0 Å². The highest BCUT2D eigenvalue weighted by atomic mass is 35.5. The zero-order valence-corrected chi connectivity index (χ0v) is 16.3. The molecule has 2 aromatic carbocycles. The van der Waals surface area contributed by atoms with Crippen molar-refractivity contribution >= 4 is 28.9 Å². The van der Waals surface area contributed by atoms with Crippen LogP contribution in [0.2, 0.25) is 5.02 Å². The van der Waals surface area contributed by atoms with E-state index < -0.39 is 4.92 Å². The zero-order valence-electron chi connectivity index (χ0n) is 15.6. The Morgan fingerprint density at radius 3 is 2.32 bits per heavy atom. The molecule has 0 aliphatic carbocycles. The van der Waals surface area contributed by atoms with Crippen LogP contribution < -0.4 is 14.4 Å². The summed E-state index contributed by atoms with van der Waals surface area (Å²) in [7, 11) is 3.05. The maximum atomic E-state index is 12.8. The molecule has 0 atom stereocenters. The normalized spacial score (nSPS) is 14.0. The Bertz CT molecular complexity index is 897. The summed E-state index contributed by atoms with van der Waals surface area (Å²) in [6.07, 6.45) is 0. The number of methoxy groups -OCH3 is 2. The van der Waals surface area contributed by atoms with Gasteiger partial charge in [-0.3, -0.25) is 14.9 Å². The van der Waals surface area contributed by atoms with Gasteiger partial charge in [0.25, 0.3) is 11.6 Å². The second-order valence-corrected chi connectivity index (χ2v) is 6.68. The summed E-state index contributed by atoms with van der Waals surface area (Å²) in [4.78, 5) is 27.3. The number of nitrogens with zero attached hydrogens (tertiary/aromatic N) is 3. The van der Waals surface area contributed by atoms with E-state index in [0.717, 1.165) is 0 Å². The van der Waals surface area contributed by atoms with Crippen molar-refractivity contribution in [1.82, 2.24) is 4.90 Å². The molecule has 8 nitrogen and oxygen atoms in total. The van der Waals surface area contributed by atoms with Crippen LogP contribution in [-0.2, 0) is 0 Å². The fraction of sp³-hybridized carbons (Fsp3) is 0.316. The lowest BCUT2D eigenvalue weighted by molar-refractivity contribution is -0.384. The highest BCUT2D eigenvalue weighted by molar-refractivity contribution is 6.30. The van der Waals surface area contributed by atoms with E-state index >= 15 is 0 Å². The molecule has 1 aliphatic heterocycles. The lowest BCUT2D eigenvalue weighted by atomic mass is 10.1. The van der Waals surface area contributed by atoms with Crippen LogP contribution in [0, 0.1) is 10.1 Å². The molecule has 0 radical (unpaired) electrons. The number of piperazine rings is 1. The summed E-state index contributed by atoms with van der Waals surface area (Å²) in [6.45, 7) is 1.88. The largest absolute Gasteiger partial charge is 0.493 e. The number of amides is 1. The molecule has 9 heteroatoms. The van der Waals surface area contributed by atoms with Crippen LogP contribution in [0.25, 0.3) is 0 Å². The van der Waals surface area contributed by atoms with Crippen molar-refractivity contribution in [3.05, 3.63) is 57.1 Å². The van der Waals surface area contributed by atoms with Gasteiger partial charge in [-0.2, -0.15) is 0 Å². The van der Waals surface area contributed by atoms with Crippen molar-refractivity contribution in [3.8, 4) is 11.5 Å². The van der Waals surface area contributed by atoms with Gasteiger partial charge in [0.15, 0.2) is 11.5 Å². The molecular weight excluding hydrogens is 386 g/mol. The quantitative estimate of drug-likeness (QED) is 0.560. The minimum atomic E-state index is -0.442. The van der Waals surface area contributed by atoms with Gasteiger partial charge in [0.05, 0.1) is 19.1 Å². The van der Waals surface area contributed by atoms with E-state index in [0.29, 0.717) is 54.0 Å². The first kappa shape index (κ1) is 19.8. The number of benzene rings is 2. The van der Waals surface area contributed by atoms with Gasteiger partial charge in [0, 0.05) is 42.8 Å². The number of hydrogen-bond donors (Lipinski definition) is 0. The lowest BCUT2D eigenvalue weighted by Crippen LogP contribution is -2.49. The number of carbonyl (C=O) groups is 1. The third-order valence-corrected chi connectivity index (χ3v) is 4.91. The molecule has 0 bridgehead atoms. The average molecular weight is 406 g/mol. The van der Waals surface area contributed by atoms with Gasteiger partial charge in [-0.15, -0.1) is 0 Å². The monoisotopic (exact) mass is 405 g/mol. The van der Waals surface area contributed by atoms with Crippen LogP contribution in [0.4, 0.5) is 11.4 Å². The topological polar surface area (TPSA) is 85.2 Å². The van der Waals surface area contributed by atoms with Crippen LogP contribution in [0.15, 0.2) is 36.4 Å². The second-order valence-electron chi connectivity index (χ2n) is 6.24. The first-order chi connectivity index (χ1) is 13.4. The predicted octanol–water partition coefficient (Wildman–Crippen LogP) is 3.23. The molecule has 1 aliphatic rings. The molecule has 1 amide bonds. The average Bonchev–Trinajstić information content (AvgIpc) is 2.72. The molecule has 1 heterocycles. The maximum Gasteiger partial charge on any atom is 0.294 e. The molecule has 0 saturated carbocycles. The Morgan fingerprint density at radius 2 is 1.71 bits per heavy atom. The molecule has 2 aromatic rings. The Morgan fingerprint density at radius 1 is 1.04 bits per heavy atom.